The van der Waals surface area contributed by atoms with Crippen LogP contribution >= 0.6 is 23.2 Å². The Morgan fingerprint density at radius 2 is 2.13 bits per heavy atom. The molecule has 1 aromatic rings. The Hall–Kier alpha value is -0.800. The summed E-state index contributed by atoms with van der Waals surface area (Å²) in [6.07, 6.45) is -0.0792. The maximum atomic E-state index is 13.1. The van der Waals surface area contributed by atoms with Crippen molar-refractivity contribution in [1.29, 1.82) is 0 Å². The van der Waals surface area contributed by atoms with Gasteiger partial charge in [-0.15, -0.1) is 0 Å². The van der Waals surface area contributed by atoms with Crippen LogP contribution in [-0.2, 0) is 16.0 Å². The molecular formula is C10H9Cl2FO2. The number of rotatable bonds is 3. The molecule has 1 aromatic carbocycles. The zero-order valence-corrected chi connectivity index (χ0v) is 9.53. The summed E-state index contributed by atoms with van der Waals surface area (Å²) in [6.45, 7) is 1.97. The van der Waals surface area contributed by atoms with E-state index in [4.69, 9.17) is 27.9 Å². The van der Waals surface area contributed by atoms with Crippen LogP contribution in [0.5, 0.6) is 0 Å². The monoisotopic (exact) mass is 250 g/mol. The van der Waals surface area contributed by atoms with Gasteiger partial charge in [0, 0.05) is 5.02 Å². The second kappa shape index (κ2) is 5.33. The van der Waals surface area contributed by atoms with Crippen LogP contribution in [0.15, 0.2) is 12.1 Å². The molecule has 0 N–H and O–H groups in total. The van der Waals surface area contributed by atoms with Crippen molar-refractivity contribution in [3.05, 3.63) is 33.6 Å². The molecule has 0 saturated carbocycles. The molecule has 0 saturated heterocycles. The predicted octanol–water partition coefficient (Wildman–Crippen LogP) is 3.24. The molecule has 0 heterocycles. The van der Waals surface area contributed by atoms with E-state index in [0.717, 1.165) is 6.07 Å². The Bertz CT molecular complexity index is 380. The highest BCUT2D eigenvalue weighted by molar-refractivity contribution is 6.33. The van der Waals surface area contributed by atoms with E-state index in [9.17, 15) is 9.18 Å². The van der Waals surface area contributed by atoms with Gasteiger partial charge in [-0.2, -0.15) is 0 Å². The summed E-state index contributed by atoms with van der Waals surface area (Å²) in [5, 5.41) is 0.114. The van der Waals surface area contributed by atoms with Gasteiger partial charge in [0.25, 0.3) is 0 Å². The number of carbonyl (C=O) groups is 1. The number of halogens is 3. The highest BCUT2D eigenvalue weighted by Gasteiger charge is 2.12. The van der Waals surface area contributed by atoms with E-state index < -0.39 is 11.8 Å². The second-order valence-electron chi connectivity index (χ2n) is 2.84. The molecule has 5 heteroatoms. The van der Waals surface area contributed by atoms with E-state index in [1.54, 1.807) is 6.92 Å². The molecule has 2 nitrogen and oxygen atoms in total. The van der Waals surface area contributed by atoms with Gasteiger partial charge in [-0.3, -0.25) is 4.79 Å². The van der Waals surface area contributed by atoms with E-state index in [-0.39, 0.29) is 23.1 Å². The first kappa shape index (κ1) is 12.3. The molecule has 0 atom stereocenters. The molecule has 82 valence electrons. The van der Waals surface area contributed by atoms with Crippen LogP contribution in [0, 0.1) is 5.82 Å². The first-order valence-electron chi connectivity index (χ1n) is 4.33. The zero-order chi connectivity index (χ0) is 11.4. The zero-order valence-electron chi connectivity index (χ0n) is 8.02. The smallest absolute Gasteiger partial charge is 0.310 e. The summed E-state index contributed by atoms with van der Waals surface area (Å²) in [5.41, 5.74) is 0.333. The molecule has 0 aliphatic rings. The van der Waals surface area contributed by atoms with Crippen molar-refractivity contribution in [2.24, 2.45) is 0 Å². The number of esters is 1. The lowest BCUT2D eigenvalue weighted by Crippen LogP contribution is -2.08. The molecule has 0 spiro atoms. The third-order valence-electron chi connectivity index (χ3n) is 1.71. The number of benzene rings is 1. The topological polar surface area (TPSA) is 26.3 Å². The van der Waals surface area contributed by atoms with Crippen LogP contribution in [0.3, 0.4) is 0 Å². The van der Waals surface area contributed by atoms with Crippen LogP contribution in [0.2, 0.25) is 10.0 Å². The van der Waals surface area contributed by atoms with Gasteiger partial charge in [-0.05, 0) is 24.6 Å². The number of hydrogen-bond acceptors (Lipinski definition) is 2. The summed E-state index contributed by atoms with van der Waals surface area (Å²) in [4.78, 5) is 11.1. The Kier molecular flexibility index (Phi) is 4.36. The molecule has 0 bridgehead atoms. The fourth-order valence-corrected chi connectivity index (χ4v) is 1.51. The molecule has 0 aromatic heterocycles. The first-order valence-corrected chi connectivity index (χ1v) is 5.09. The summed E-state index contributed by atoms with van der Waals surface area (Å²) in [6, 6.07) is 2.54. The molecule has 15 heavy (non-hydrogen) atoms. The lowest BCUT2D eigenvalue weighted by Gasteiger charge is -2.05. The minimum absolute atomic E-state index is 0.0792. The summed E-state index contributed by atoms with van der Waals surface area (Å²) in [7, 11) is 0. The Labute approximate surface area is 96.9 Å². The minimum atomic E-state index is -0.636. The molecule has 0 fully saturated rings. The average Bonchev–Trinajstić information content (AvgIpc) is 2.13. The maximum absolute atomic E-state index is 13.1. The van der Waals surface area contributed by atoms with E-state index >= 15 is 0 Å². The normalized spacial score (nSPS) is 10.1. The maximum Gasteiger partial charge on any atom is 0.310 e. The first-order chi connectivity index (χ1) is 7.04. The van der Waals surface area contributed by atoms with E-state index in [1.165, 1.54) is 6.07 Å². The highest BCUT2D eigenvalue weighted by atomic mass is 35.5. The fourth-order valence-electron chi connectivity index (χ4n) is 1.11. The Morgan fingerprint density at radius 3 is 2.73 bits per heavy atom. The van der Waals surface area contributed by atoms with Crippen molar-refractivity contribution in [2.75, 3.05) is 6.61 Å². The molecule has 0 unspecified atom stereocenters. The van der Waals surface area contributed by atoms with Gasteiger partial charge in [-0.1, -0.05) is 23.2 Å². The lowest BCUT2D eigenvalue weighted by atomic mass is 10.1. The van der Waals surface area contributed by atoms with Gasteiger partial charge in [-0.25, -0.2) is 4.39 Å². The average molecular weight is 251 g/mol. The van der Waals surface area contributed by atoms with E-state index in [0.29, 0.717) is 5.56 Å². The Balaban J connectivity index is 2.89. The second-order valence-corrected chi connectivity index (χ2v) is 3.66. The minimum Gasteiger partial charge on any atom is -0.466 e. The van der Waals surface area contributed by atoms with Crippen LogP contribution < -0.4 is 0 Å². The Morgan fingerprint density at radius 1 is 1.47 bits per heavy atom. The van der Waals surface area contributed by atoms with E-state index in [1.807, 2.05) is 0 Å². The summed E-state index contributed by atoms with van der Waals surface area (Å²) < 4.78 is 17.8. The van der Waals surface area contributed by atoms with Crippen molar-refractivity contribution in [2.45, 2.75) is 13.3 Å². The van der Waals surface area contributed by atoms with Gasteiger partial charge >= 0.3 is 5.97 Å². The molecule has 0 amide bonds. The third kappa shape index (κ3) is 3.36. The van der Waals surface area contributed by atoms with Gasteiger partial charge in [0.1, 0.15) is 5.82 Å². The quantitative estimate of drug-likeness (QED) is 0.608. The van der Waals surface area contributed by atoms with Crippen LogP contribution in [0.25, 0.3) is 0 Å². The van der Waals surface area contributed by atoms with Gasteiger partial charge in [0.15, 0.2) is 0 Å². The standard InChI is InChI=1S/C10H9Cl2FO2/c1-2-15-9(14)4-6-3-7(11)5-8(13)10(6)12/h3,5H,2,4H2,1H3. The van der Waals surface area contributed by atoms with Gasteiger partial charge in [0.2, 0.25) is 0 Å². The largest absolute Gasteiger partial charge is 0.466 e. The van der Waals surface area contributed by atoms with E-state index in [2.05, 4.69) is 0 Å². The molecule has 0 radical (unpaired) electrons. The summed E-state index contributed by atoms with van der Waals surface area (Å²) >= 11 is 11.3. The van der Waals surface area contributed by atoms with Crippen molar-refractivity contribution >= 4 is 29.2 Å². The van der Waals surface area contributed by atoms with Crippen molar-refractivity contribution < 1.29 is 13.9 Å². The van der Waals surface area contributed by atoms with Crippen molar-refractivity contribution in [3.63, 3.8) is 0 Å². The number of carbonyl (C=O) groups excluding carboxylic acids is 1. The predicted molar refractivity (Wildman–Crippen MR) is 56.8 cm³/mol. The fraction of sp³-hybridized carbons (Fsp3) is 0.300. The summed E-state index contributed by atoms with van der Waals surface area (Å²) in [5.74, 6) is -1.09. The van der Waals surface area contributed by atoms with Crippen LogP contribution in [0.4, 0.5) is 4.39 Å². The SMILES string of the molecule is CCOC(=O)Cc1cc(Cl)cc(F)c1Cl. The molecule has 0 aliphatic heterocycles. The van der Waals surface area contributed by atoms with Gasteiger partial charge < -0.3 is 4.74 Å². The number of hydrogen-bond donors (Lipinski definition) is 0. The third-order valence-corrected chi connectivity index (χ3v) is 2.35. The van der Waals surface area contributed by atoms with Gasteiger partial charge in [0.05, 0.1) is 18.1 Å². The number of ether oxygens (including phenoxy) is 1. The molecule has 1 rings (SSSR count). The van der Waals surface area contributed by atoms with Crippen molar-refractivity contribution in [3.8, 4) is 0 Å². The van der Waals surface area contributed by atoms with Crippen molar-refractivity contribution in [1.82, 2.24) is 0 Å². The highest BCUT2D eigenvalue weighted by Crippen LogP contribution is 2.25. The van der Waals surface area contributed by atoms with Crippen LogP contribution in [-0.4, -0.2) is 12.6 Å². The molecular weight excluding hydrogens is 242 g/mol. The lowest BCUT2D eigenvalue weighted by molar-refractivity contribution is -0.142. The van der Waals surface area contributed by atoms with Crippen LogP contribution in [0.1, 0.15) is 12.5 Å². The molecule has 0 aliphatic carbocycles.